The summed E-state index contributed by atoms with van der Waals surface area (Å²) < 4.78 is 0. The van der Waals surface area contributed by atoms with Gasteiger partial charge in [-0.3, -0.25) is 0 Å². The molecule has 1 aliphatic rings. The maximum absolute atomic E-state index is 5.72. The van der Waals surface area contributed by atoms with Gasteiger partial charge in [-0.2, -0.15) is 0 Å². The van der Waals surface area contributed by atoms with Crippen LogP contribution in [0.4, 0.5) is 5.69 Å². The van der Waals surface area contributed by atoms with Gasteiger partial charge in [0.1, 0.15) is 0 Å². The van der Waals surface area contributed by atoms with Crippen molar-refractivity contribution in [3.05, 3.63) is 29.8 Å². The van der Waals surface area contributed by atoms with E-state index in [1.165, 1.54) is 30.5 Å². The lowest BCUT2D eigenvalue weighted by Crippen LogP contribution is -2.43. The molecule has 1 saturated heterocycles. The Bertz CT molecular complexity index is 348. The van der Waals surface area contributed by atoms with E-state index in [-0.39, 0.29) is 0 Å². The number of halogens is 1. The smallest absolute Gasteiger partial charge is 0.0399 e. The normalized spacial score (nSPS) is 15.9. The van der Waals surface area contributed by atoms with Crippen LogP contribution in [0.1, 0.15) is 24.8 Å². The summed E-state index contributed by atoms with van der Waals surface area (Å²) in [5.41, 5.74) is 2.93. The molecule has 0 amide bonds. The van der Waals surface area contributed by atoms with Crippen molar-refractivity contribution in [2.75, 3.05) is 37.0 Å². The first-order valence-corrected chi connectivity index (χ1v) is 7.55. The number of hydrogen-bond acceptors (Lipinski definition) is 2. The molecule has 1 heterocycles. The number of nitrogens with zero attached hydrogens (tertiary/aromatic N) is 1. The van der Waals surface area contributed by atoms with E-state index in [9.17, 15) is 0 Å². The van der Waals surface area contributed by atoms with E-state index in [4.69, 9.17) is 11.6 Å². The summed E-state index contributed by atoms with van der Waals surface area (Å²) >= 11 is 5.72. The van der Waals surface area contributed by atoms with Crippen molar-refractivity contribution >= 4 is 17.3 Å². The third kappa shape index (κ3) is 3.89. The first kappa shape index (κ1) is 13.7. The molecular formula is C15H23ClN2. The van der Waals surface area contributed by atoms with Crippen LogP contribution in [0.25, 0.3) is 0 Å². The molecule has 1 aliphatic heterocycles. The van der Waals surface area contributed by atoms with Crippen LogP contribution in [-0.2, 0) is 6.42 Å². The molecule has 18 heavy (non-hydrogen) atoms. The fraction of sp³-hybridized carbons (Fsp3) is 0.600. The minimum absolute atomic E-state index is 0.791. The van der Waals surface area contributed by atoms with Gasteiger partial charge in [0.2, 0.25) is 0 Å². The number of nitrogens with one attached hydrogen (secondary N) is 1. The number of anilines is 1. The van der Waals surface area contributed by atoms with Crippen LogP contribution >= 0.6 is 11.6 Å². The van der Waals surface area contributed by atoms with Crippen molar-refractivity contribution < 1.29 is 0 Å². The summed E-state index contributed by atoms with van der Waals surface area (Å²) in [6.07, 6.45) is 4.80. The highest BCUT2D eigenvalue weighted by atomic mass is 35.5. The average molecular weight is 267 g/mol. The maximum Gasteiger partial charge on any atom is 0.0399 e. The minimum Gasteiger partial charge on any atom is -0.369 e. The zero-order valence-corrected chi connectivity index (χ0v) is 11.8. The molecule has 1 aromatic carbocycles. The van der Waals surface area contributed by atoms with E-state index in [1.54, 1.807) is 0 Å². The Morgan fingerprint density at radius 1 is 1.06 bits per heavy atom. The lowest BCUT2D eigenvalue weighted by Gasteiger charge is -2.31. The average Bonchev–Trinajstić information content (AvgIpc) is 2.45. The second-order valence-electron chi connectivity index (χ2n) is 4.87. The largest absolute Gasteiger partial charge is 0.369 e. The topological polar surface area (TPSA) is 15.3 Å². The Kier molecular flexibility index (Phi) is 5.82. The van der Waals surface area contributed by atoms with Crippen molar-refractivity contribution in [1.82, 2.24) is 5.32 Å². The Labute approximate surface area is 115 Å². The first-order chi connectivity index (χ1) is 8.92. The van der Waals surface area contributed by atoms with Gasteiger partial charge < -0.3 is 10.2 Å². The fourth-order valence-electron chi connectivity index (χ4n) is 2.52. The van der Waals surface area contributed by atoms with Crippen LogP contribution in [0.2, 0.25) is 0 Å². The van der Waals surface area contributed by atoms with Crippen LogP contribution in [0.5, 0.6) is 0 Å². The van der Waals surface area contributed by atoms with E-state index in [0.29, 0.717) is 0 Å². The predicted molar refractivity (Wildman–Crippen MR) is 79.8 cm³/mol. The Morgan fingerprint density at radius 3 is 2.61 bits per heavy atom. The summed E-state index contributed by atoms with van der Waals surface area (Å²) in [4.78, 5) is 2.51. The fourth-order valence-corrected chi connectivity index (χ4v) is 2.71. The molecule has 100 valence electrons. The van der Waals surface area contributed by atoms with E-state index in [2.05, 4.69) is 34.5 Å². The highest BCUT2D eigenvalue weighted by Crippen LogP contribution is 2.22. The van der Waals surface area contributed by atoms with Gasteiger partial charge in [0.05, 0.1) is 0 Å². The Balaban J connectivity index is 1.96. The highest BCUT2D eigenvalue weighted by molar-refractivity contribution is 6.17. The molecule has 0 bridgehead atoms. The molecule has 2 rings (SSSR count). The van der Waals surface area contributed by atoms with E-state index >= 15 is 0 Å². The zero-order valence-electron chi connectivity index (χ0n) is 11.0. The summed E-state index contributed by atoms with van der Waals surface area (Å²) in [6, 6.07) is 8.85. The molecule has 2 nitrogen and oxygen atoms in total. The van der Waals surface area contributed by atoms with Crippen LogP contribution in [-0.4, -0.2) is 32.1 Å². The number of rotatable bonds is 6. The highest BCUT2D eigenvalue weighted by Gasteiger charge is 2.13. The number of alkyl halides is 1. The van der Waals surface area contributed by atoms with Gasteiger partial charge in [0, 0.05) is 37.7 Å². The molecule has 1 fully saturated rings. The van der Waals surface area contributed by atoms with Crippen molar-refractivity contribution in [2.45, 2.75) is 25.7 Å². The number of piperazine rings is 1. The van der Waals surface area contributed by atoms with Gasteiger partial charge >= 0.3 is 0 Å². The monoisotopic (exact) mass is 266 g/mol. The van der Waals surface area contributed by atoms with E-state index in [1.807, 2.05) is 0 Å². The molecule has 0 saturated carbocycles. The third-order valence-electron chi connectivity index (χ3n) is 3.53. The summed E-state index contributed by atoms with van der Waals surface area (Å²) in [7, 11) is 0. The first-order valence-electron chi connectivity index (χ1n) is 7.01. The molecule has 0 spiro atoms. The van der Waals surface area contributed by atoms with Crippen LogP contribution in [0.15, 0.2) is 24.3 Å². The van der Waals surface area contributed by atoms with Crippen molar-refractivity contribution in [3.8, 4) is 0 Å². The van der Waals surface area contributed by atoms with Crippen molar-refractivity contribution in [2.24, 2.45) is 0 Å². The second kappa shape index (κ2) is 7.65. The Hall–Kier alpha value is -0.730. The molecule has 1 N–H and O–H groups in total. The third-order valence-corrected chi connectivity index (χ3v) is 3.80. The number of benzene rings is 1. The number of aryl methyl sites for hydroxylation is 1. The van der Waals surface area contributed by atoms with Gasteiger partial charge in [-0.05, 0) is 30.9 Å². The zero-order chi connectivity index (χ0) is 12.6. The quantitative estimate of drug-likeness (QED) is 0.629. The minimum atomic E-state index is 0.791. The molecule has 0 atom stereocenters. The van der Waals surface area contributed by atoms with Gasteiger partial charge in [-0.1, -0.05) is 24.6 Å². The molecule has 0 unspecified atom stereocenters. The van der Waals surface area contributed by atoms with Gasteiger partial charge in [0.15, 0.2) is 0 Å². The number of hydrogen-bond donors (Lipinski definition) is 1. The van der Waals surface area contributed by atoms with Crippen LogP contribution < -0.4 is 10.2 Å². The molecule has 0 aliphatic carbocycles. The molecular weight excluding hydrogens is 244 g/mol. The van der Waals surface area contributed by atoms with Crippen LogP contribution in [0.3, 0.4) is 0 Å². The molecule has 3 heteroatoms. The van der Waals surface area contributed by atoms with E-state index in [0.717, 1.165) is 38.5 Å². The van der Waals surface area contributed by atoms with Crippen LogP contribution in [0, 0.1) is 0 Å². The standard InChI is InChI=1S/C15H23ClN2/c16-9-5-1-2-6-14-7-3-4-8-15(14)18-12-10-17-11-13-18/h3-4,7-8,17H,1-2,5-6,9-13H2. The summed E-state index contributed by atoms with van der Waals surface area (Å²) in [6.45, 7) is 4.44. The second-order valence-corrected chi connectivity index (χ2v) is 5.24. The molecule has 0 aromatic heterocycles. The van der Waals surface area contributed by atoms with Gasteiger partial charge in [0.25, 0.3) is 0 Å². The lowest BCUT2D eigenvalue weighted by atomic mass is 10.0. The van der Waals surface area contributed by atoms with Gasteiger partial charge in [-0.15, -0.1) is 11.6 Å². The summed E-state index contributed by atoms with van der Waals surface area (Å²) in [5, 5.41) is 3.41. The van der Waals surface area contributed by atoms with Gasteiger partial charge in [-0.25, -0.2) is 0 Å². The van der Waals surface area contributed by atoms with Crippen molar-refractivity contribution in [1.29, 1.82) is 0 Å². The van der Waals surface area contributed by atoms with E-state index < -0.39 is 0 Å². The molecule has 1 aromatic rings. The SMILES string of the molecule is ClCCCCCc1ccccc1N1CCNCC1. The maximum atomic E-state index is 5.72. The number of unbranched alkanes of at least 4 members (excludes halogenated alkanes) is 2. The number of para-hydroxylation sites is 1. The molecule has 0 radical (unpaired) electrons. The van der Waals surface area contributed by atoms with Crippen molar-refractivity contribution in [3.63, 3.8) is 0 Å². The lowest BCUT2D eigenvalue weighted by molar-refractivity contribution is 0.587. The predicted octanol–water partition coefficient (Wildman–Crippen LogP) is 3.05. The Morgan fingerprint density at radius 2 is 1.83 bits per heavy atom. The summed E-state index contributed by atoms with van der Waals surface area (Å²) in [5.74, 6) is 0.791.